The molecule has 5 unspecified atom stereocenters. The fourth-order valence-electron chi connectivity index (χ4n) is 3.05. The molecule has 0 bridgehead atoms. The summed E-state index contributed by atoms with van der Waals surface area (Å²) in [7, 11) is 0. The Morgan fingerprint density at radius 3 is 2.65 bits per heavy atom. The van der Waals surface area contributed by atoms with Gasteiger partial charge in [-0.15, -0.1) is 11.6 Å². The maximum absolute atomic E-state index is 6.19. The zero-order valence-corrected chi connectivity index (χ0v) is 11.8. The zero-order valence-electron chi connectivity index (χ0n) is 11.0. The lowest BCUT2D eigenvalue weighted by Crippen LogP contribution is -2.52. The third-order valence-corrected chi connectivity index (χ3v) is 4.65. The van der Waals surface area contributed by atoms with Gasteiger partial charge in [0.25, 0.3) is 0 Å². The molecule has 2 saturated carbocycles. The molecule has 2 rings (SSSR count). The van der Waals surface area contributed by atoms with E-state index in [-0.39, 0.29) is 17.6 Å². The van der Waals surface area contributed by atoms with Gasteiger partial charge in [0.15, 0.2) is 0 Å². The highest BCUT2D eigenvalue weighted by Gasteiger charge is 2.43. The van der Waals surface area contributed by atoms with Crippen molar-refractivity contribution in [1.82, 2.24) is 0 Å². The number of hydrogen-bond donors (Lipinski definition) is 0. The van der Waals surface area contributed by atoms with Crippen molar-refractivity contribution in [2.45, 2.75) is 76.1 Å². The summed E-state index contributed by atoms with van der Waals surface area (Å²) in [5.74, 6) is 0.867. The average Bonchev–Trinajstić information content (AvgIpc) is 2.36. The van der Waals surface area contributed by atoms with Crippen molar-refractivity contribution in [3.05, 3.63) is 0 Å². The number of ether oxygens (including phenoxy) is 2. The predicted molar refractivity (Wildman–Crippen MR) is 70.6 cm³/mol. The van der Waals surface area contributed by atoms with Crippen LogP contribution < -0.4 is 0 Å². The summed E-state index contributed by atoms with van der Waals surface area (Å²) in [5.41, 5.74) is 0. The van der Waals surface area contributed by atoms with E-state index in [4.69, 9.17) is 21.1 Å². The van der Waals surface area contributed by atoms with Gasteiger partial charge in [-0.3, -0.25) is 0 Å². The fourth-order valence-corrected chi connectivity index (χ4v) is 3.46. The summed E-state index contributed by atoms with van der Waals surface area (Å²) in [5, 5.41) is 0.158. The van der Waals surface area contributed by atoms with Gasteiger partial charge < -0.3 is 9.47 Å². The Labute approximate surface area is 110 Å². The molecular weight excluding hydrogens is 236 g/mol. The molecule has 0 radical (unpaired) electrons. The molecule has 2 aliphatic carbocycles. The molecule has 2 aliphatic rings. The molecule has 0 heterocycles. The molecule has 0 aromatic carbocycles. The van der Waals surface area contributed by atoms with Crippen LogP contribution in [0.15, 0.2) is 0 Å². The minimum Gasteiger partial charge on any atom is -0.374 e. The van der Waals surface area contributed by atoms with Gasteiger partial charge in [0.1, 0.15) is 6.10 Å². The van der Waals surface area contributed by atoms with Crippen molar-refractivity contribution in [3.8, 4) is 0 Å². The van der Waals surface area contributed by atoms with Crippen LogP contribution in [0.3, 0.4) is 0 Å². The summed E-state index contributed by atoms with van der Waals surface area (Å²) >= 11 is 6.16. The highest BCUT2D eigenvalue weighted by atomic mass is 35.5. The molecular formula is C14H25ClO2. The summed E-state index contributed by atoms with van der Waals surface area (Å²) in [6.07, 6.45) is 8.23. The van der Waals surface area contributed by atoms with Crippen LogP contribution >= 0.6 is 11.6 Å². The third-order valence-electron chi connectivity index (χ3n) is 4.22. The summed E-state index contributed by atoms with van der Waals surface area (Å²) in [4.78, 5) is 0. The van der Waals surface area contributed by atoms with Crippen molar-refractivity contribution in [2.24, 2.45) is 5.92 Å². The van der Waals surface area contributed by atoms with Crippen LogP contribution in [0, 0.1) is 5.92 Å². The minimum absolute atomic E-state index is 0.128. The minimum atomic E-state index is 0.128. The molecule has 0 N–H and O–H groups in total. The molecule has 2 nitrogen and oxygen atoms in total. The molecule has 0 saturated heterocycles. The Balaban J connectivity index is 1.76. The maximum atomic E-state index is 6.19. The van der Waals surface area contributed by atoms with E-state index in [9.17, 15) is 0 Å². The third kappa shape index (κ3) is 3.36. The van der Waals surface area contributed by atoms with Crippen LogP contribution in [0.2, 0.25) is 0 Å². The molecule has 2 fully saturated rings. The van der Waals surface area contributed by atoms with E-state index in [1.165, 1.54) is 32.1 Å². The van der Waals surface area contributed by atoms with Gasteiger partial charge in [0, 0.05) is 6.61 Å². The molecule has 0 spiro atoms. The number of halogens is 1. The standard InChI is InChI=1S/C14H25ClO2/c1-3-10-6-5-7-11(8-10)17-13-9-12(15)14(13)16-4-2/h10-14H,3-9H2,1-2H3. The van der Waals surface area contributed by atoms with Gasteiger partial charge in [-0.05, 0) is 32.1 Å². The SMILES string of the molecule is CCOC1C(Cl)CC1OC1CCCC(CC)C1. The fraction of sp³-hybridized carbons (Fsp3) is 1.00. The van der Waals surface area contributed by atoms with E-state index in [0.29, 0.717) is 6.10 Å². The van der Waals surface area contributed by atoms with E-state index < -0.39 is 0 Å². The largest absolute Gasteiger partial charge is 0.374 e. The Morgan fingerprint density at radius 1 is 1.18 bits per heavy atom. The lowest BCUT2D eigenvalue weighted by molar-refractivity contribution is -0.155. The van der Waals surface area contributed by atoms with Crippen molar-refractivity contribution in [3.63, 3.8) is 0 Å². The molecule has 5 atom stereocenters. The second kappa shape index (κ2) is 6.40. The topological polar surface area (TPSA) is 18.5 Å². The second-order valence-electron chi connectivity index (χ2n) is 5.41. The van der Waals surface area contributed by atoms with Gasteiger partial charge in [0.05, 0.1) is 17.6 Å². The van der Waals surface area contributed by atoms with Crippen LogP contribution in [0.5, 0.6) is 0 Å². The van der Waals surface area contributed by atoms with Crippen LogP contribution in [0.25, 0.3) is 0 Å². The lowest BCUT2D eigenvalue weighted by Gasteiger charge is -2.43. The number of hydrogen-bond acceptors (Lipinski definition) is 2. The van der Waals surface area contributed by atoms with Crippen molar-refractivity contribution in [2.75, 3.05) is 6.61 Å². The first-order valence-electron chi connectivity index (χ1n) is 7.15. The highest BCUT2D eigenvalue weighted by Crippen LogP contribution is 2.36. The van der Waals surface area contributed by atoms with Crippen molar-refractivity contribution < 1.29 is 9.47 Å². The molecule has 0 amide bonds. The van der Waals surface area contributed by atoms with Gasteiger partial charge in [-0.2, -0.15) is 0 Å². The smallest absolute Gasteiger partial charge is 0.100 e. The molecule has 17 heavy (non-hydrogen) atoms. The second-order valence-corrected chi connectivity index (χ2v) is 5.97. The van der Waals surface area contributed by atoms with Crippen LogP contribution in [-0.2, 0) is 9.47 Å². The monoisotopic (exact) mass is 260 g/mol. The Hall–Kier alpha value is 0.210. The maximum Gasteiger partial charge on any atom is 0.100 e. The summed E-state index contributed by atoms with van der Waals surface area (Å²) in [6.45, 7) is 5.04. The van der Waals surface area contributed by atoms with Gasteiger partial charge >= 0.3 is 0 Å². The predicted octanol–water partition coefficient (Wildman–Crippen LogP) is 3.76. The van der Waals surface area contributed by atoms with Crippen LogP contribution in [0.4, 0.5) is 0 Å². The van der Waals surface area contributed by atoms with Gasteiger partial charge in [0.2, 0.25) is 0 Å². The molecule has 100 valence electrons. The van der Waals surface area contributed by atoms with E-state index in [2.05, 4.69) is 6.92 Å². The highest BCUT2D eigenvalue weighted by molar-refractivity contribution is 6.21. The molecule has 0 aromatic heterocycles. The van der Waals surface area contributed by atoms with E-state index in [1.54, 1.807) is 0 Å². The zero-order chi connectivity index (χ0) is 12.3. The first-order valence-corrected chi connectivity index (χ1v) is 7.59. The van der Waals surface area contributed by atoms with Crippen molar-refractivity contribution in [1.29, 1.82) is 0 Å². The van der Waals surface area contributed by atoms with Gasteiger partial charge in [-0.25, -0.2) is 0 Å². The molecule has 0 aliphatic heterocycles. The normalized spacial score (nSPS) is 42.2. The summed E-state index contributed by atoms with van der Waals surface area (Å²) < 4.78 is 11.8. The Kier molecular flexibility index (Phi) is 5.13. The lowest BCUT2D eigenvalue weighted by atomic mass is 9.84. The first kappa shape index (κ1) is 13.6. The summed E-state index contributed by atoms with van der Waals surface area (Å²) in [6, 6.07) is 0. The van der Waals surface area contributed by atoms with Crippen LogP contribution in [-0.4, -0.2) is 30.3 Å². The van der Waals surface area contributed by atoms with E-state index >= 15 is 0 Å². The van der Waals surface area contributed by atoms with Gasteiger partial charge in [-0.1, -0.05) is 26.2 Å². The average molecular weight is 261 g/mol. The van der Waals surface area contributed by atoms with Crippen molar-refractivity contribution >= 4 is 11.6 Å². The van der Waals surface area contributed by atoms with Crippen LogP contribution in [0.1, 0.15) is 52.4 Å². The quantitative estimate of drug-likeness (QED) is 0.701. The molecule has 0 aromatic rings. The first-order chi connectivity index (χ1) is 8.24. The van der Waals surface area contributed by atoms with E-state index in [1.807, 2.05) is 6.92 Å². The Morgan fingerprint density at radius 2 is 2.00 bits per heavy atom. The Bertz CT molecular complexity index is 232. The van der Waals surface area contributed by atoms with E-state index in [0.717, 1.165) is 18.9 Å². The number of alkyl halides is 1. The molecule has 3 heteroatoms. The number of rotatable bonds is 5.